The number of Topliss-reactive ketones (excluding diaryl/α,β-unsaturated/α-hetero) is 1. The van der Waals surface area contributed by atoms with Gasteiger partial charge in [0, 0.05) is 29.9 Å². The fourth-order valence-electron chi connectivity index (χ4n) is 4.44. The molecule has 0 aromatic heterocycles. The Bertz CT molecular complexity index is 1190. The van der Waals surface area contributed by atoms with E-state index >= 15 is 0 Å². The van der Waals surface area contributed by atoms with Crippen LogP contribution in [0.15, 0.2) is 59.9 Å². The van der Waals surface area contributed by atoms with Gasteiger partial charge in [0.05, 0.1) is 7.11 Å². The van der Waals surface area contributed by atoms with E-state index in [4.69, 9.17) is 9.47 Å². The Balaban J connectivity index is 1.84. The number of phenols is 2. The van der Waals surface area contributed by atoms with Crippen molar-refractivity contribution in [2.45, 2.75) is 25.2 Å². The van der Waals surface area contributed by atoms with E-state index in [1.165, 1.54) is 7.11 Å². The molecule has 0 radical (unpaired) electrons. The van der Waals surface area contributed by atoms with E-state index in [2.05, 4.69) is 0 Å². The third kappa shape index (κ3) is 2.73. The number of aromatic hydroxyl groups is 2. The Morgan fingerprint density at radius 2 is 1.86 bits per heavy atom. The molecule has 2 N–H and O–H groups in total. The van der Waals surface area contributed by atoms with Gasteiger partial charge in [0.15, 0.2) is 17.3 Å². The van der Waals surface area contributed by atoms with Gasteiger partial charge in [-0.15, -0.1) is 0 Å². The SMILES string of the molecule is COc1cc(C2C3=C(CCCC3=O)Oc3ccc4ccc(O)cc4c32)ccc1O. The third-order valence-corrected chi connectivity index (χ3v) is 5.76. The van der Waals surface area contributed by atoms with E-state index in [9.17, 15) is 15.0 Å². The van der Waals surface area contributed by atoms with Crippen molar-refractivity contribution in [2.75, 3.05) is 7.11 Å². The van der Waals surface area contributed by atoms with E-state index in [1.54, 1.807) is 24.3 Å². The predicted molar refractivity (Wildman–Crippen MR) is 109 cm³/mol. The highest BCUT2D eigenvalue weighted by Crippen LogP contribution is 2.50. The second-order valence-corrected chi connectivity index (χ2v) is 7.46. The molecular formula is C24H20O5. The molecule has 3 aromatic carbocycles. The summed E-state index contributed by atoms with van der Waals surface area (Å²) in [5.74, 6) is 1.67. The van der Waals surface area contributed by atoms with E-state index < -0.39 is 0 Å². The Labute approximate surface area is 167 Å². The van der Waals surface area contributed by atoms with Gasteiger partial charge in [-0.05, 0) is 53.1 Å². The van der Waals surface area contributed by atoms with Crippen LogP contribution in [-0.4, -0.2) is 23.1 Å². The van der Waals surface area contributed by atoms with Gasteiger partial charge in [0.2, 0.25) is 0 Å². The molecule has 29 heavy (non-hydrogen) atoms. The second kappa shape index (κ2) is 6.55. The van der Waals surface area contributed by atoms with Crippen LogP contribution in [0, 0.1) is 0 Å². The summed E-state index contributed by atoms with van der Waals surface area (Å²) in [6.07, 6.45) is 1.97. The normalized spacial score (nSPS) is 18.2. The molecule has 1 aliphatic carbocycles. The van der Waals surface area contributed by atoms with Gasteiger partial charge >= 0.3 is 0 Å². The number of carbonyl (C=O) groups is 1. The lowest BCUT2D eigenvalue weighted by atomic mass is 9.75. The minimum Gasteiger partial charge on any atom is -0.508 e. The highest BCUT2D eigenvalue weighted by molar-refractivity contribution is 6.02. The molecule has 0 saturated heterocycles. The molecule has 146 valence electrons. The molecule has 0 amide bonds. The van der Waals surface area contributed by atoms with Crippen molar-refractivity contribution >= 4 is 16.6 Å². The van der Waals surface area contributed by atoms with Gasteiger partial charge in [-0.3, -0.25) is 4.79 Å². The number of fused-ring (bicyclic) bond motifs is 3. The van der Waals surface area contributed by atoms with Crippen molar-refractivity contribution in [3.63, 3.8) is 0 Å². The van der Waals surface area contributed by atoms with Crippen LogP contribution in [0.3, 0.4) is 0 Å². The molecule has 1 unspecified atom stereocenters. The van der Waals surface area contributed by atoms with Crippen LogP contribution in [0.4, 0.5) is 0 Å². The average Bonchev–Trinajstić information content (AvgIpc) is 2.72. The molecule has 0 saturated carbocycles. The van der Waals surface area contributed by atoms with E-state index in [-0.39, 0.29) is 23.2 Å². The maximum Gasteiger partial charge on any atom is 0.163 e. The second-order valence-electron chi connectivity index (χ2n) is 7.46. The zero-order valence-electron chi connectivity index (χ0n) is 15.9. The summed E-state index contributed by atoms with van der Waals surface area (Å²) in [6.45, 7) is 0. The monoisotopic (exact) mass is 388 g/mol. The van der Waals surface area contributed by atoms with Gasteiger partial charge in [-0.1, -0.05) is 18.2 Å². The minimum absolute atomic E-state index is 0.0447. The number of carbonyl (C=O) groups excluding carboxylic acids is 1. The highest BCUT2D eigenvalue weighted by atomic mass is 16.5. The standard InChI is InChI=1S/C24H20O5/c1-28-21-11-14(6-9-17(21)26)22-23-16-12-15(25)8-5-13(16)7-10-20(23)29-19-4-2-3-18(27)24(19)22/h5-12,22,25-26H,2-4H2,1H3. The summed E-state index contributed by atoms with van der Waals surface area (Å²) in [5, 5.41) is 22.0. The van der Waals surface area contributed by atoms with Crippen LogP contribution in [0.5, 0.6) is 23.0 Å². The molecule has 0 fully saturated rings. The van der Waals surface area contributed by atoms with Crippen molar-refractivity contribution in [1.82, 2.24) is 0 Å². The quantitative estimate of drug-likeness (QED) is 0.660. The number of ketones is 1. The predicted octanol–water partition coefficient (Wildman–Crippen LogP) is 4.79. The van der Waals surface area contributed by atoms with Gasteiger partial charge in [0.25, 0.3) is 0 Å². The fraction of sp³-hybridized carbons (Fsp3) is 0.208. The summed E-state index contributed by atoms with van der Waals surface area (Å²) >= 11 is 0. The number of ether oxygens (including phenoxy) is 2. The van der Waals surface area contributed by atoms with Crippen molar-refractivity contribution in [3.05, 3.63) is 71.0 Å². The Morgan fingerprint density at radius 3 is 2.69 bits per heavy atom. The molecule has 2 aliphatic rings. The molecule has 1 atom stereocenters. The number of benzene rings is 3. The van der Waals surface area contributed by atoms with Crippen LogP contribution < -0.4 is 9.47 Å². The first-order chi connectivity index (χ1) is 14.1. The number of hydrogen-bond donors (Lipinski definition) is 2. The summed E-state index contributed by atoms with van der Waals surface area (Å²) in [4.78, 5) is 13.0. The fourth-order valence-corrected chi connectivity index (χ4v) is 4.44. The van der Waals surface area contributed by atoms with Crippen LogP contribution in [0.1, 0.15) is 36.3 Å². The van der Waals surface area contributed by atoms with Crippen molar-refractivity contribution in [1.29, 1.82) is 0 Å². The molecule has 5 rings (SSSR count). The third-order valence-electron chi connectivity index (χ3n) is 5.76. The number of rotatable bonds is 2. The van der Waals surface area contributed by atoms with Gasteiger partial charge in [-0.25, -0.2) is 0 Å². The smallest absolute Gasteiger partial charge is 0.163 e. The number of hydrogen-bond acceptors (Lipinski definition) is 5. The topological polar surface area (TPSA) is 76.0 Å². The first-order valence-corrected chi connectivity index (χ1v) is 9.63. The molecule has 5 nitrogen and oxygen atoms in total. The van der Waals surface area contributed by atoms with E-state index in [0.29, 0.717) is 35.7 Å². The molecule has 0 spiro atoms. The first kappa shape index (κ1) is 17.6. The molecule has 5 heteroatoms. The first-order valence-electron chi connectivity index (χ1n) is 9.63. The molecular weight excluding hydrogens is 368 g/mol. The summed E-state index contributed by atoms with van der Waals surface area (Å²) in [6, 6.07) is 14.2. The lowest BCUT2D eigenvalue weighted by Gasteiger charge is -2.34. The molecule has 0 bridgehead atoms. The van der Waals surface area contributed by atoms with Gasteiger partial charge < -0.3 is 19.7 Å². The van der Waals surface area contributed by atoms with Gasteiger partial charge in [0.1, 0.15) is 17.3 Å². The largest absolute Gasteiger partial charge is 0.508 e. The maximum absolute atomic E-state index is 13.0. The number of methoxy groups -OCH3 is 1. The van der Waals surface area contributed by atoms with E-state index in [1.807, 2.05) is 24.3 Å². The maximum atomic E-state index is 13.0. The lowest BCUT2D eigenvalue weighted by Crippen LogP contribution is -2.25. The molecule has 3 aromatic rings. The van der Waals surface area contributed by atoms with E-state index in [0.717, 1.165) is 28.3 Å². The van der Waals surface area contributed by atoms with Crippen LogP contribution >= 0.6 is 0 Å². The van der Waals surface area contributed by atoms with Crippen molar-refractivity contribution < 1.29 is 24.5 Å². The summed E-state index contributed by atoms with van der Waals surface area (Å²) in [5.41, 5.74) is 2.34. The zero-order valence-corrected chi connectivity index (χ0v) is 15.9. The minimum atomic E-state index is -0.360. The Kier molecular flexibility index (Phi) is 3.98. The van der Waals surface area contributed by atoms with Gasteiger partial charge in [-0.2, -0.15) is 0 Å². The van der Waals surface area contributed by atoms with Crippen LogP contribution in [0.25, 0.3) is 10.8 Å². The molecule has 1 aliphatic heterocycles. The number of allylic oxidation sites excluding steroid dienone is 2. The summed E-state index contributed by atoms with van der Waals surface area (Å²) < 4.78 is 11.5. The highest BCUT2D eigenvalue weighted by Gasteiger charge is 2.38. The lowest BCUT2D eigenvalue weighted by molar-refractivity contribution is -0.116. The Morgan fingerprint density at radius 1 is 1.03 bits per heavy atom. The van der Waals surface area contributed by atoms with Crippen molar-refractivity contribution in [2.24, 2.45) is 0 Å². The van der Waals surface area contributed by atoms with Crippen LogP contribution in [-0.2, 0) is 4.79 Å². The molecule has 1 heterocycles. The summed E-state index contributed by atoms with van der Waals surface area (Å²) in [7, 11) is 1.50. The number of phenolic OH excluding ortho intramolecular Hbond substituents is 2. The van der Waals surface area contributed by atoms with Crippen LogP contribution in [0.2, 0.25) is 0 Å². The van der Waals surface area contributed by atoms with Crippen molar-refractivity contribution in [3.8, 4) is 23.0 Å². The average molecular weight is 388 g/mol. The Hall–Kier alpha value is -3.47. The zero-order chi connectivity index (χ0) is 20.1.